The van der Waals surface area contributed by atoms with Gasteiger partial charge in [-0.25, -0.2) is 0 Å². The lowest BCUT2D eigenvalue weighted by Crippen LogP contribution is -2.32. The number of benzene rings is 2. The average molecular weight is 389 g/mol. The van der Waals surface area contributed by atoms with Crippen LogP contribution in [-0.4, -0.2) is 26.8 Å². The van der Waals surface area contributed by atoms with Gasteiger partial charge in [-0.3, -0.25) is 9.59 Å². The minimum absolute atomic E-state index is 0.0784. The molecule has 0 atom stereocenters. The van der Waals surface area contributed by atoms with E-state index in [2.05, 4.69) is 10.3 Å². The monoisotopic (exact) mass is 389 g/mol. The Hall–Kier alpha value is -3.48. The summed E-state index contributed by atoms with van der Waals surface area (Å²) in [4.78, 5) is 28.3. The minimum Gasteiger partial charge on any atom is -0.321 e. The summed E-state index contributed by atoms with van der Waals surface area (Å²) in [5.74, 6) is 6.00. The topological polar surface area (TPSA) is 94.1 Å². The van der Waals surface area contributed by atoms with Crippen molar-refractivity contribution in [2.75, 3.05) is 10.7 Å². The van der Waals surface area contributed by atoms with Gasteiger partial charge in [0.05, 0.1) is 12.2 Å². The van der Waals surface area contributed by atoms with Gasteiger partial charge in [0, 0.05) is 29.9 Å². The van der Waals surface area contributed by atoms with E-state index in [9.17, 15) is 9.59 Å². The number of rotatable bonds is 4. The fourth-order valence-electron chi connectivity index (χ4n) is 3.66. The standard InChI is InChI=1S/C22H23N5O2/c1-14(2)19(28)11-12-20(29)26-13-15-7-3-4-8-16(15)22-21(24-25-27(22)23)17-9-5-6-10-18(17)26/h3-10,14H,11-13,23H2,1-2H3. The van der Waals surface area contributed by atoms with E-state index in [0.717, 1.165) is 28.1 Å². The summed E-state index contributed by atoms with van der Waals surface area (Å²) in [6, 6.07) is 15.4. The van der Waals surface area contributed by atoms with Gasteiger partial charge in [-0.05, 0) is 16.8 Å². The smallest absolute Gasteiger partial charge is 0.227 e. The van der Waals surface area contributed by atoms with E-state index in [4.69, 9.17) is 5.84 Å². The van der Waals surface area contributed by atoms with Crippen LogP contribution in [0.2, 0.25) is 0 Å². The van der Waals surface area contributed by atoms with Gasteiger partial charge in [-0.1, -0.05) is 56.3 Å². The first-order valence-electron chi connectivity index (χ1n) is 9.69. The Labute approximate surface area is 169 Å². The molecule has 0 unspecified atom stereocenters. The van der Waals surface area contributed by atoms with Gasteiger partial charge in [-0.2, -0.15) is 4.79 Å². The summed E-state index contributed by atoms with van der Waals surface area (Å²) >= 11 is 0. The second-order valence-electron chi connectivity index (χ2n) is 7.51. The lowest BCUT2D eigenvalue weighted by atomic mass is 9.95. The summed E-state index contributed by atoms with van der Waals surface area (Å²) in [6.07, 6.45) is 0.408. The van der Waals surface area contributed by atoms with E-state index < -0.39 is 0 Å². The van der Waals surface area contributed by atoms with Crippen molar-refractivity contribution in [1.82, 2.24) is 15.1 Å². The molecule has 7 nitrogen and oxygen atoms in total. The van der Waals surface area contributed by atoms with Crippen molar-refractivity contribution in [3.8, 4) is 22.5 Å². The van der Waals surface area contributed by atoms with Gasteiger partial charge in [0.1, 0.15) is 17.2 Å². The molecule has 0 spiro atoms. The molecule has 4 rings (SSSR count). The predicted octanol–water partition coefficient (Wildman–Crippen LogP) is 3.18. The van der Waals surface area contributed by atoms with Crippen molar-refractivity contribution in [1.29, 1.82) is 0 Å². The fourth-order valence-corrected chi connectivity index (χ4v) is 3.66. The fraction of sp³-hybridized carbons (Fsp3) is 0.273. The highest BCUT2D eigenvalue weighted by Gasteiger charge is 2.28. The zero-order valence-corrected chi connectivity index (χ0v) is 16.5. The number of anilines is 1. The van der Waals surface area contributed by atoms with Crippen LogP contribution in [0, 0.1) is 5.92 Å². The number of carbonyl (C=O) groups excluding carboxylic acids is 2. The Morgan fingerprint density at radius 2 is 1.72 bits per heavy atom. The highest BCUT2D eigenvalue weighted by molar-refractivity contribution is 6.01. The van der Waals surface area contributed by atoms with Crippen LogP contribution in [0.4, 0.5) is 5.69 Å². The maximum Gasteiger partial charge on any atom is 0.227 e. The number of fused-ring (bicyclic) bond motifs is 5. The molecule has 2 aromatic carbocycles. The van der Waals surface area contributed by atoms with E-state index in [0.29, 0.717) is 12.2 Å². The van der Waals surface area contributed by atoms with E-state index in [1.807, 2.05) is 62.4 Å². The van der Waals surface area contributed by atoms with Gasteiger partial charge in [0.2, 0.25) is 5.91 Å². The molecule has 0 saturated carbocycles. The van der Waals surface area contributed by atoms with E-state index in [1.54, 1.807) is 4.90 Å². The summed E-state index contributed by atoms with van der Waals surface area (Å²) in [7, 11) is 0. The van der Waals surface area contributed by atoms with Crippen molar-refractivity contribution < 1.29 is 9.59 Å². The Morgan fingerprint density at radius 3 is 2.48 bits per heavy atom. The highest BCUT2D eigenvalue weighted by atomic mass is 16.2. The Kier molecular flexibility index (Phi) is 4.88. The minimum atomic E-state index is -0.0927. The van der Waals surface area contributed by atoms with Crippen LogP contribution in [0.3, 0.4) is 0 Å². The second-order valence-corrected chi connectivity index (χ2v) is 7.51. The molecule has 0 saturated heterocycles. The molecule has 0 fully saturated rings. The summed E-state index contributed by atoms with van der Waals surface area (Å²) in [6.45, 7) is 4.09. The number of nitrogen functional groups attached to an aromatic ring is 1. The van der Waals surface area contributed by atoms with Gasteiger partial charge in [0.25, 0.3) is 0 Å². The van der Waals surface area contributed by atoms with Crippen LogP contribution in [0.1, 0.15) is 32.3 Å². The molecule has 1 amide bonds. The third-order valence-electron chi connectivity index (χ3n) is 5.28. The van der Waals surface area contributed by atoms with Gasteiger partial charge in [0.15, 0.2) is 0 Å². The Bertz CT molecular complexity index is 1090. The van der Waals surface area contributed by atoms with Crippen molar-refractivity contribution in [2.45, 2.75) is 33.2 Å². The largest absolute Gasteiger partial charge is 0.321 e. The number of nitrogens with zero attached hydrogens (tertiary/aromatic N) is 4. The summed E-state index contributed by atoms with van der Waals surface area (Å²) in [5.41, 5.74) is 4.71. The van der Waals surface area contributed by atoms with Crippen molar-refractivity contribution in [3.63, 3.8) is 0 Å². The molecule has 2 N–H and O–H groups in total. The molecule has 1 aliphatic rings. The third kappa shape index (κ3) is 3.40. The number of Topliss-reactive ketones (excluding diaryl/α,β-unsaturated/α-hetero) is 1. The average Bonchev–Trinajstić information content (AvgIpc) is 3.09. The van der Waals surface area contributed by atoms with Crippen LogP contribution in [0.25, 0.3) is 22.5 Å². The number of aromatic nitrogens is 3. The molecule has 1 aliphatic heterocycles. The SMILES string of the molecule is CC(C)C(=O)CCC(=O)N1Cc2ccccc2-c2c(nnn2N)-c2ccccc21. The number of ketones is 1. The van der Waals surface area contributed by atoms with Crippen LogP contribution in [0.5, 0.6) is 0 Å². The van der Waals surface area contributed by atoms with Crippen LogP contribution < -0.4 is 10.7 Å². The van der Waals surface area contributed by atoms with Crippen molar-refractivity contribution in [2.24, 2.45) is 5.92 Å². The van der Waals surface area contributed by atoms with E-state index in [1.165, 1.54) is 4.79 Å². The van der Waals surface area contributed by atoms with Gasteiger partial charge >= 0.3 is 0 Å². The molecular weight excluding hydrogens is 366 g/mol. The molecule has 1 aromatic heterocycles. The zero-order valence-electron chi connectivity index (χ0n) is 16.5. The van der Waals surface area contributed by atoms with Crippen molar-refractivity contribution in [3.05, 3.63) is 54.1 Å². The molecule has 2 heterocycles. The maximum absolute atomic E-state index is 13.2. The Balaban J connectivity index is 1.82. The van der Waals surface area contributed by atoms with Gasteiger partial charge in [-0.15, -0.1) is 5.10 Å². The quantitative estimate of drug-likeness (QED) is 0.692. The maximum atomic E-state index is 13.2. The van der Waals surface area contributed by atoms with Crippen LogP contribution in [-0.2, 0) is 16.1 Å². The van der Waals surface area contributed by atoms with Crippen LogP contribution in [0.15, 0.2) is 48.5 Å². The predicted molar refractivity (Wildman–Crippen MR) is 111 cm³/mol. The van der Waals surface area contributed by atoms with E-state index in [-0.39, 0.29) is 30.4 Å². The first-order valence-corrected chi connectivity index (χ1v) is 9.69. The Morgan fingerprint density at radius 1 is 1.03 bits per heavy atom. The second kappa shape index (κ2) is 7.50. The number of amides is 1. The molecular formula is C22H23N5O2. The van der Waals surface area contributed by atoms with Crippen molar-refractivity contribution >= 4 is 17.4 Å². The number of hydrogen-bond acceptors (Lipinski definition) is 5. The first-order chi connectivity index (χ1) is 14.0. The summed E-state index contributed by atoms with van der Waals surface area (Å²) < 4.78 is 0. The molecule has 0 aliphatic carbocycles. The number of hydrogen-bond donors (Lipinski definition) is 1. The first kappa shape index (κ1) is 18.9. The number of carbonyl (C=O) groups is 2. The molecule has 7 heteroatoms. The van der Waals surface area contributed by atoms with Crippen LogP contribution >= 0.6 is 0 Å². The molecule has 0 radical (unpaired) electrons. The lowest BCUT2D eigenvalue weighted by Gasteiger charge is -2.28. The summed E-state index contributed by atoms with van der Waals surface area (Å²) in [5, 5.41) is 8.31. The number of nitrogens with two attached hydrogens (primary N) is 1. The molecule has 148 valence electrons. The van der Waals surface area contributed by atoms with Gasteiger partial charge < -0.3 is 10.7 Å². The highest BCUT2D eigenvalue weighted by Crippen LogP contribution is 2.40. The normalized spacial score (nSPS) is 12.6. The molecule has 0 bridgehead atoms. The third-order valence-corrected chi connectivity index (χ3v) is 5.28. The number of para-hydroxylation sites is 1. The molecule has 3 aromatic rings. The molecule has 29 heavy (non-hydrogen) atoms. The lowest BCUT2D eigenvalue weighted by molar-refractivity contribution is -0.125. The zero-order chi connectivity index (χ0) is 20.5. The van der Waals surface area contributed by atoms with E-state index >= 15 is 0 Å².